The molecule has 108 valence electrons. The number of carbonyl (C=O) groups excluding carboxylic acids is 1. The average molecular weight is 274 g/mol. The number of fused-ring (bicyclic) bond motifs is 1. The van der Waals surface area contributed by atoms with E-state index in [0.29, 0.717) is 13.0 Å². The van der Waals surface area contributed by atoms with E-state index < -0.39 is 0 Å². The highest BCUT2D eigenvalue weighted by atomic mass is 16.3. The lowest BCUT2D eigenvalue weighted by atomic mass is 10.0. The maximum absolute atomic E-state index is 11.9. The van der Waals surface area contributed by atoms with Crippen molar-refractivity contribution in [1.82, 2.24) is 10.2 Å². The van der Waals surface area contributed by atoms with Crippen LogP contribution >= 0.6 is 0 Å². The van der Waals surface area contributed by atoms with Crippen molar-refractivity contribution in [1.29, 1.82) is 0 Å². The molecule has 0 aliphatic heterocycles. The van der Waals surface area contributed by atoms with Crippen LogP contribution in [0.15, 0.2) is 22.8 Å². The summed E-state index contributed by atoms with van der Waals surface area (Å²) in [5.41, 5.74) is 4.18. The van der Waals surface area contributed by atoms with Crippen LogP contribution in [0.3, 0.4) is 0 Å². The minimum absolute atomic E-state index is 0.0350. The Morgan fingerprint density at radius 2 is 2.05 bits per heavy atom. The van der Waals surface area contributed by atoms with Crippen LogP contribution in [0.5, 0.6) is 0 Å². The fourth-order valence-electron chi connectivity index (χ4n) is 2.18. The Kier molecular flexibility index (Phi) is 4.45. The Morgan fingerprint density at radius 1 is 1.30 bits per heavy atom. The molecular formula is C16H22N2O2. The number of nitrogens with one attached hydrogen (secondary N) is 1. The van der Waals surface area contributed by atoms with Gasteiger partial charge in [0.1, 0.15) is 5.58 Å². The molecule has 1 aromatic carbocycles. The van der Waals surface area contributed by atoms with Gasteiger partial charge in [-0.05, 0) is 39.1 Å². The molecule has 4 nitrogen and oxygen atoms in total. The molecule has 1 N–H and O–H groups in total. The van der Waals surface area contributed by atoms with Gasteiger partial charge in [-0.15, -0.1) is 0 Å². The summed E-state index contributed by atoms with van der Waals surface area (Å²) in [4.78, 5) is 14.0. The number of aryl methyl sites for hydroxylation is 2. The number of nitrogens with zero attached hydrogens (tertiary/aromatic N) is 1. The maximum atomic E-state index is 11.9. The minimum Gasteiger partial charge on any atom is -0.464 e. The second-order valence-electron chi connectivity index (χ2n) is 5.48. The standard InChI is InChI=1S/C16H22N2O2/c1-11-5-6-14-13(10-20-16(14)12(11)2)9-15(19)17-7-8-18(3)4/h5-6,10H,7-9H2,1-4H3,(H,17,19). The summed E-state index contributed by atoms with van der Waals surface area (Å²) in [6.07, 6.45) is 2.06. The van der Waals surface area contributed by atoms with Crippen LogP contribution in [0.1, 0.15) is 16.7 Å². The number of benzene rings is 1. The van der Waals surface area contributed by atoms with Gasteiger partial charge in [0.15, 0.2) is 0 Å². The Bertz CT molecular complexity index is 614. The van der Waals surface area contributed by atoms with Crippen molar-refractivity contribution in [2.45, 2.75) is 20.3 Å². The molecule has 2 rings (SSSR count). The summed E-state index contributed by atoms with van der Waals surface area (Å²) in [6.45, 7) is 5.61. The van der Waals surface area contributed by atoms with E-state index in [-0.39, 0.29) is 5.91 Å². The normalized spacial score (nSPS) is 11.2. The third-order valence-corrected chi connectivity index (χ3v) is 3.57. The highest BCUT2D eigenvalue weighted by Crippen LogP contribution is 2.26. The summed E-state index contributed by atoms with van der Waals surface area (Å²) in [7, 11) is 3.97. The summed E-state index contributed by atoms with van der Waals surface area (Å²) in [5, 5.41) is 3.96. The molecular weight excluding hydrogens is 252 g/mol. The number of carbonyl (C=O) groups is 1. The van der Waals surface area contributed by atoms with Crippen LogP contribution in [0.25, 0.3) is 11.0 Å². The number of hydrogen-bond donors (Lipinski definition) is 1. The van der Waals surface area contributed by atoms with E-state index in [1.165, 1.54) is 5.56 Å². The van der Waals surface area contributed by atoms with Crippen molar-refractivity contribution in [3.8, 4) is 0 Å². The maximum Gasteiger partial charge on any atom is 0.224 e. The van der Waals surface area contributed by atoms with Crippen LogP contribution in [-0.4, -0.2) is 38.0 Å². The van der Waals surface area contributed by atoms with Gasteiger partial charge >= 0.3 is 0 Å². The van der Waals surface area contributed by atoms with Crippen molar-refractivity contribution in [3.63, 3.8) is 0 Å². The second-order valence-corrected chi connectivity index (χ2v) is 5.48. The zero-order chi connectivity index (χ0) is 14.7. The lowest BCUT2D eigenvalue weighted by Gasteiger charge is -2.10. The molecule has 0 atom stereocenters. The largest absolute Gasteiger partial charge is 0.464 e. The van der Waals surface area contributed by atoms with E-state index in [1.54, 1.807) is 6.26 Å². The van der Waals surface area contributed by atoms with Gasteiger partial charge in [-0.3, -0.25) is 4.79 Å². The molecule has 0 aliphatic carbocycles. The van der Waals surface area contributed by atoms with E-state index in [1.807, 2.05) is 32.0 Å². The SMILES string of the molecule is Cc1ccc2c(CC(=O)NCCN(C)C)coc2c1C. The molecule has 4 heteroatoms. The highest BCUT2D eigenvalue weighted by molar-refractivity contribution is 5.89. The fourth-order valence-corrected chi connectivity index (χ4v) is 2.18. The quantitative estimate of drug-likeness (QED) is 0.909. The minimum atomic E-state index is 0.0350. The second kappa shape index (κ2) is 6.09. The highest BCUT2D eigenvalue weighted by Gasteiger charge is 2.12. The zero-order valence-corrected chi connectivity index (χ0v) is 12.6. The predicted octanol–water partition coefficient (Wildman–Crippen LogP) is 2.27. The molecule has 0 spiro atoms. The Balaban J connectivity index is 2.07. The smallest absolute Gasteiger partial charge is 0.224 e. The van der Waals surface area contributed by atoms with Crippen molar-refractivity contribution in [2.75, 3.05) is 27.2 Å². The van der Waals surface area contributed by atoms with Gasteiger partial charge in [0.05, 0.1) is 12.7 Å². The van der Waals surface area contributed by atoms with E-state index >= 15 is 0 Å². The Labute approximate surface area is 119 Å². The van der Waals surface area contributed by atoms with Gasteiger partial charge in [-0.2, -0.15) is 0 Å². The van der Waals surface area contributed by atoms with Gasteiger partial charge in [-0.25, -0.2) is 0 Å². The summed E-state index contributed by atoms with van der Waals surface area (Å²) < 4.78 is 5.62. The van der Waals surface area contributed by atoms with Gasteiger partial charge in [-0.1, -0.05) is 12.1 Å². The topological polar surface area (TPSA) is 45.5 Å². The van der Waals surface area contributed by atoms with Crippen molar-refractivity contribution >= 4 is 16.9 Å². The van der Waals surface area contributed by atoms with Crippen LogP contribution in [0.2, 0.25) is 0 Å². The van der Waals surface area contributed by atoms with E-state index in [4.69, 9.17) is 4.42 Å². The predicted molar refractivity (Wildman–Crippen MR) is 81.0 cm³/mol. The Hall–Kier alpha value is -1.81. The van der Waals surface area contributed by atoms with E-state index in [2.05, 4.69) is 18.3 Å². The number of hydrogen-bond acceptors (Lipinski definition) is 3. The molecule has 0 bridgehead atoms. The molecule has 0 fully saturated rings. The number of rotatable bonds is 5. The Morgan fingerprint density at radius 3 is 2.75 bits per heavy atom. The monoisotopic (exact) mass is 274 g/mol. The molecule has 1 heterocycles. The van der Waals surface area contributed by atoms with Gasteiger partial charge in [0.2, 0.25) is 5.91 Å². The van der Waals surface area contributed by atoms with Gasteiger partial charge in [0, 0.05) is 24.0 Å². The first kappa shape index (κ1) is 14.6. The third kappa shape index (κ3) is 3.20. The first-order valence-electron chi connectivity index (χ1n) is 6.86. The lowest BCUT2D eigenvalue weighted by Crippen LogP contribution is -2.32. The van der Waals surface area contributed by atoms with Crippen LogP contribution < -0.4 is 5.32 Å². The number of likely N-dealkylation sites (N-methyl/N-ethyl adjacent to an activating group) is 1. The molecule has 2 aromatic rings. The van der Waals surface area contributed by atoms with Crippen molar-refractivity contribution in [2.24, 2.45) is 0 Å². The molecule has 20 heavy (non-hydrogen) atoms. The zero-order valence-electron chi connectivity index (χ0n) is 12.6. The number of amides is 1. The molecule has 0 radical (unpaired) electrons. The van der Waals surface area contributed by atoms with Crippen LogP contribution in [0, 0.1) is 13.8 Å². The fraction of sp³-hybridized carbons (Fsp3) is 0.438. The molecule has 1 amide bonds. The molecule has 0 unspecified atom stereocenters. The summed E-state index contributed by atoms with van der Waals surface area (Å²) in [6, 6.07) is 4.10. The molecule has 1 aromatic heterocycles. The van der Waals surface area contributed by atoms with Crippen molar-refractivity contribution < 1.29 is 9.21 Å². The summed E-state index contributed by atoms with van der Waals surface area (Å²) >= 11 is 0. The van der Waals surface area contributed by atoms with E-state index in [9.17, 15) is 4.79 Å². The van der Waals surface area contributed by atoms with Gasteiger partial charge < -0.3 is 14.6 Å². The van der Waals surface area contributed by atoms with Crippen molar-refractivity contribution in [3.05, 3.63) is 35.1 Å². The third-order valence-electron chi connectivity index (χ3n) is 3.57. The number of furan rings is 1. The first-order chi connectivity index (χ1) is 9.49. The van der Waals surface area contributed by atoms with Crippen LogP contribution in [-0.2, 0) is 11.2 Å². The first-order valence-corrected chi connectivity index (χ1v) is 6.86. The molecule has 0 saturated carbocycles. The van der Waals surface area contributed by atoms with Gasteiger partial charge in [0.25, 0.3) is 0 Å². The lowest BCUT2D eigenvalue weighted by molar-refractivity contribution is -0.120. The summed E-state index contributed by atoms with van der Waals surface area (Å²) in [5.74, 6) is 0.0350. The molecule has 0 aliphatic rings. The van der Waals surface area contributed by atoms with E-state index in [0.717, 1.165) is 28.6 Å². The molecule has 0 saturated heterocycles. The average Bonchev–Trinajstić information content (AvgIpc) is 2.77. The van der Waals surface area contributed by atoms with Crippen LogP contribution in [0.4, 0.5) is 0 Å².